The van der Waals surface area contributed by atoms with Crippen molar-refractivity contribution in [3.63, 3.8) is 0 Å². The summed E-state index contributed by atoms with van der Waals surface area (Å²) in [7, 11) is 0. The van der Waals surface area contributed by atoms with Gasteiger partial charge in [-0.15, -0.1) is 0 Å². The normalized spacial score (nSPS) is 16.1. The summed E-state index contributed by atoms with van der Waals surface area (Å²) < 4.78 is 5.93. The molecule has 0 amide bonds. The fourth-order valence-electron chi connectivity index (χ4n) is 2.82. The van der Waals surface area contributed by atoms with E-state index in [1.807, 2.05) is 0 Å². The van der Waals surface area contributed by atoms with Crippen molar-refractivity contribution in [2.45, 2.75) is 32.2 Å². The fourth-order valence-corrected chi connectivity index (χ4v) is 2.82. The summed E-state index contributed by atoms with van der Waals surface area (Å²) in [5, 5.41) is 3.41. The Morgan fingerprint density at radius 2 is 1.90 bits per heavy atom. The molecule has 0 bridgehead atoms. The second-order valence-electron chi connectivity index (χ2n) is 5.73. The standard InChI is InChI=1S/C19H23NO/c1-2-11-20-13-15-7-9-18(10-8-15)21-14-17-12-16-5-3-4-6-19(16)17/h3-10,17,20H,2,11-14H2,1H3. The summed E-state index contributed by atoms with van der Waals surface area (Å²) in [6.45, 7) is 4.97. The van der Waals surface area contributed by atoms with Gasteiger partial charge >= 0.3 is 0 Å². The molecule has 0 radical (unpaired) electrons. The van der Waals surface area contributed by atoms with E-state index in [0.29, 0.717) is 5.92 Å². The van der Waals surface area contributed by atoms with Crippen LogP contribution in [0.1, 0.15) is 36.0 Å². The molecule has 1 aliphatic rings. The van der Waals surface area contributed by atoms with E-state index in [1.165, 1.54) is 23.1 Å². The van der Waals surface area contributed by atoms with Gasteiger partial charge in [-0.25, -0.2) is 0 Å². The molecule has 2 aromatic carbocycles. The summed E-state index contributed by atoms with van der Waals surface area (Å²) in [6, 6.07) is 17.1. The van der Waals surface area contributed by atoms with Crippen molar-refractivity contribution in [2.24, 2.45) is 0 Å². The lowest BCUT2D eigenvalue weighted by molar-refractivity contribution is 0.275. The lowest BCUT2D eigenvalue weighted by Crippen LogP contribution is -2.23. The zero-order valence-corrected chi connectivity index (χ0v) is 12.6. The zero-order valence-electron chi connectivity index (χ0n) is 12.6. The van der Waals surface area contributed by atoms with Gasteiger partial charge in [0.15, 0.2) is 0 Å². The van der Waals surface area contributed by atoms with E-state index < -0.39 is 0 Å². The van der Waals surface area contributed by atoms with Crippen LogP contribution in [0.3, 0.4) is 0 Å². The molecule has 1 unspecified atom stereocenters. The average molecular weight is 281 g/mol. The molecular weight excluding hydrogens is 258 g/mol. The van der Waals surface area contributed by atoms with Gasteiger partial charge in [0, 0.05) is 12.5 Å². The van der Waals surface area contributed by atoms with Crippen LogP contribution >= 0.6 is 0 Å². The van der Waals surface area contributed by atoms with E-state index in [1.54, 1.807) is 0 Å². The number of fused-ring (bicyclic) bond motifs is 1. The molecule has 2 aromatic rings. The van der Waals surface area contributed by atoms with Crippen LogP contribution in [0.2, 0.25) is 0 Å². The third-order valence-corrected chi connectivity index (χ3v) is 4.09. The van der Waals surface area contributed by atoms with Crippen LogP contribution in [0.25, 0.3) is 0 Å². The molecule has 1 atom stereocenters. The second kappa shape index (κ2) is 6.77. The van der Waals surface area contributed by atoms with E-state index in [9.17, 15) is 0 Å². The van der Waals surface area contributed by atoms with Crippen molar-refractivity contribution in [1.82, 2.24) is 5.32 Å². The molecule has 0 spiro atoms. The minimum Gasteiger partial charge on any atom is -0.493 e. The first-order valence-corrected chi connectivity index (χ1v) is 7.87. The highest BCUT2D eigenvalue weighted by Crippen LogP contribution is 2.35. The smallest absolute Gasteiger partial charge is 0.119 e. The molecule has 1 aliphatic carbocycles. The Bertz CT molecular complexity index is 576. The van der Waals surface area contributed by atoms with Crippen molar-refractivity contribution in [3.8, 4) is 5.75 Å². The van der Waals surface area contributed by atoms with E-state index >= 15 is 0 Å². The first-order valence-electron chi connectivity index (χ1n) is 7.87. The van der Waals surface area contributed by atoms with E-state index in [4.69, 9.17) is 4.74 Å². The first-order chi connectivity index (χ1) is 10.4. The van der Waals surface area contributed by atoms with Gasteiger partial charge in [-0.1, -0.05) is 43.3 Å². The number of nitrogens with one attached hydrogen (secondary N) is 1. The van der Waals surface area contributed by atoms with Gasteiger partial charge in [0.05, 0.1) is 6.61 Å². The van der Waals surface area contributed by atoms with Crippen LogP contribution in [0.5, 0.6) is 5.75 Å². The van der Waals surface area contributed by atoms with Crippen molar-refractivity contribution in [1.29, 1.82) is 0 Å². The monoisotopic (exact) mass is 281 g/mol. The van der Waals surface area contributed by atoms with Gasteiger partial charge in [-0.3, -0.25) is 0 Å². The Morgan fingerprint density at radius 1 is 1.10 bits per heavy atom. The molecule has 0 fully saturated rings. The van der Waals surface area contributed by atoms with Crippen LogP contribution in [0, 0.1) is 0 Å². The third kappa shape index (κ3) is 3.45. The zero-order chi connectivity index (χ0) is 14.5. The summed E-state index contributed by atoms with van der Waals surface area (Å²) in [5.41, 5.74) is 4.24. The van der Waals surface area contributed by atoms with E-state index in [2.05, 4.69) is 60.8 Å². The van der Waals surface area contributed by atoms with E-state index in [-0.39, 0.29) is 0 Å². The van der Waals surface area contributed by atoms with Crippen LogP contribution in [-0.4, -0.2) is 13.2 Å². The van der Waals surface area contributed by atoms with Crippen LogP contribution in [0.4, 0.5) is 0 Å². The van der Waals surface area contributed by atoms with Crippen molar-refractivity contribution in [3.05, 3.63) is 65.2 Å². The second-order valence-corrected chi connectivity index (χ2v) is 5.73. The van der Waals surface area contributed by atoms with Crippen molar-refractivity contribution >= 4 is 0 Å². The molecule has 2 nitrogen and oxygen atoms in total. The Kier molecular flexibility index (Phi) is 4.56. The quantitative estimate of drug-likeness (QED) is 0.777. The van der Waals surface area contributed by atoms with Gasteiger partial charge in [0.25, 0.3) is 0 Å². The molecule has 3 rings (SSSR count). The minimum atomic E-state index is 0.562. The van der Waals surface area contributed by atoms with Gasteiger partial charge < -0.3 is 10.1 Å². The molecule has 2 heteroatoms. The summed E-state index contributed by atoms with van der Waals surface area (Å²) in [6.07, 6.45) is 2.32. The molecule has 0 saturated heterocycles. The highest BCUT2D eigenvalue weighted by atomic mass is 16.5. The van der Waals surface area contributed by atoms with E-state index in [0.717, 1.165) is 31.9 Å². The minimum absolute atomic E-state index is 0.562. The number of hydrogen-bond acceptors (Lipinski definition) is 2. The van der Waals surface area contributed by atoms with Gasteiger partial charge in [-0.05, 0) is 48.2 Å². The topological polar surface area (TPSA) is 21.3 Å². The summed E-state index contributed by atoms with van der Waals surface area (Å²) >= 11 is 0. The highest BCUT2D eigenvalue weighted by molar-refractivity contribution is 5.40. The van der Waals surface area contributed by atoms with Crippen LogP contribution in [0.15, 0.2) is 48.5 Å². The average Bonchev–Trinajstić information content (AvgIpc) is 2.50. The largest absolute Gasteiger partial charge is 0.493 e. The Balaban J connectivity index is 1.48. The predicted molar refractivity (Wildman–Crippen MR) is 86.8 cm³/mol. The number of rotatable bonds is 7. The van der Waals surface area contributed by atoms with Crippen molar-refractivity contribution in [2.75, 3.05) is 13.2 Å². The number of benzene rings is 2. The lowest BCUT2D eigenvalue weighted by Gasteiger charge is -2.29. The summed E-state index contributed by atoms with van der Waals surface area (Å²) in [5.74, 6) is 1.53. The van der Waals surface area contributed by atoms with Crippen LogP contribution in [-0.2, 0) is 13.0 Å². The van der Waals surface area contributed by atoms with Gasteiger partial charge in [0.2, 0.25) is 0 Å². The highest BCUT2D eigenvalue weighted by Gasteiger charge is 2.25. The molecule has 0 aromatic heterocycles. The lowest BCUT2D eigenvalue weighted by atomic mass is 9.78. The maximum Gasteiger partial charge on any atom is 0.119 e. The van der Waals surface area contributed by atoms with Crippen molar-refractivity contribution < 1.29 is 4.74 Å². The van der Waals surface area contributed by atoms with Gasteiger partial charge in [0.1, 0.15) is 5.75 Å². The van der Waals surface area contributed by atoms with Gasteiger partial charge in [-0.2, -0.15) is 0 Å². The molecule has 21 heavy (non-hydrogen) atoms. The van der Waals surface area contributed by atoms with Crippen LogP contribution < -0.4 is 10.1 Å². The molecule has 0 heterocycles. The maximum atomic E-state index is 5.93. The Hall–Kier alpha value is -1.80. The Morgan fingerprint density at radius 3 is 2.67 bits per heavy atom. The molecular formula is C19H23NO. The molecule has 110 valence electrons. The fraction of sp³-hybridized carbons (Fsp3) is 0.368. The number of hydrogen-bond donors (Lipinski definition) is 1. The first kappa shape index (κ1) is 14.2. The predicted octanol–water partition coefficient (Wildman–Crippen LogP) is 3.90. The number of ether oxygens (including phenoxy) is 1. The molecule has 1 N–H and O–H groups in total. The Labute approximate surface area is 127 Å². The molecule has 0 aliphatic heterocycles. The third-order valence-electron chi connectivity index (χ3n) is 4.09. The molecule has 0 saturated carbocycles. The summed E-state index contributed by atoms with van der Waals surface area (Å²) in [4.78, 5) is 0. The maximum absolute atomic E-state index is 5.93. The SMILES string of the molecule is CCCNCc1ccc(OCC2Cc3ccccc32)cc1.